The van der Waals surface area contributed by atoms with Crippen LogP contribution in [-0.4, -0.2) is 12.2 Å². The molecule has 0 aliphatic carbocycles. The van der Waals surface area contributed by atoms with Crippen molar-refractivity contribution >= 4 is 5.69 Å². The van der Waals surface area contributed by atoms with Crippen molar-refractivity contribution in [2.24, 2.45) is 0 Å². The lowest BCUT2D eigenvalue weighted by Crippen LogP contribution is -2.17. The van der Waals surface area contributed by atoms with Crippen molar-refractivity contribution in [3.63, 3.8) is 0 Å². The van der Waals surface area contributed by atoms with E-state index in [2.05, 4.69) is 5.32 Å². The first-order chi connectivity index (χ1) is 8.29. The minimum absolute atomic E-state index is 0.0489. The Morgan fingerprint density at radius 2 is 1.89 bits per heavy atom. The van der Waals surface area contributed by atoms with E-state index < -0.39 is 12.6 Å². The summed E-state index contributed by atoms with van der Waals surface area (Å²) >= 11 is 0. The Kier molecular flexibility index (Phi) is 5.05. The first-order valence-electron chi connectivity index (χ1n) is 6.19. The lowest BCUT2D eigenvalue weighted by molar-refractivity contribution is -0.135. The van der Waals surface area contributed by atoms with E-state index in [0.717, 1.165) is 11.3 Å². The summed E-state index contributed by atoms with van der Waals surface area (Å²) in [6.07, 6.45) is -4.06. The standard InChI is InChI=1S/C14H20F3N/c1-10-6-4-8-13(12(10)3)18-11(2)7-5-9-14(15,16)17/h4,6,8,11,18H,5,7,9H2,1-3H3. The number of hydrogen-bond donors (Lipinski definition) is 1. The van der Waals surface area contributed by atoms with E-state index in [0.29, 0.717) is 6.42 Å². The van der Waals surface area contributed by atoms with Gasteiger partial charge in [0, 0.05) is 18.2 Å². The maximum absolute atomic E-state index is 12.0. The molecule has 0 aliphatic rings. The van der Waals surface area contributed by atoms with Gasteiger partial charge in [-0.2, -0.15) is 13.2 Å². The van der Waals surface area contributed by atoms with Crippen LogP contribution in [0.1, 0.15) is 37.3 Å². The second-order valence-electron chi connectivity index (χ2n) is 4.80. The second-order valence-corrected chi connectivity index (χ2v) is 4.80. The number of hydrogen-bond acceptors (Lipinski definition) is 1. The number of nitrogens with one attached hydrogen (secondary N) is 1. The molecule has 1 atom stereocenters. The molecule has 0 fully saturated rings. The van der Waals surface area contributed by atoms with E-state index >= 15 is 0 Å². The molecule has 0 amide bonds. The van der Waals surface area contributed by atoms with Gasteiger partial charge >= 0.3 is 6.18 Å². The third-order valence-corrected chi connectivity index (χ3v) is 3.10. The largest absolute Gasteiger partial charge is 0.389 e. The summed E-state index contributed by atoms with van der Waals surface area (Å²) in [5.41, 5.74) is 3.34. The minimum atomic E-state index is -4.04. The van der Waals surface area contributed by atoms with Crippen LogP contribution in [0.3, 0.4) is 0 Å². The van der Waals surface area contributed by atoms with Gasteiger partial charge in [0.25, 0.3) is 0 Å². The van der Waals surface area contributed by atoms with Crippen molar-refractivity contribution in [2.75, 3.05) is 5.32 Å². The molecule has 1 unspecified atom stereocenters. The van der Waals surface area contributed by atoms with Crippen LogP contribution in [0.4, 0.5) is 18.9 Å². The molecular formula is C14H20F3N. The maximum atomic E-state index is 12.0. The summed E-state index contributed by atoms with van der Waals surface area (Å²) in [7, 11) is 0. The highest BCUT2D eigenvalue weighted by atomic mass is 19.4. The predicted molar refractivity (Wildman–Crippen MR) is 68.9 cm³/mol. The fraction of sp³-hybridized carbons (Fsp3) is 0.571. The topological polar surface area (TPSA) is 12.0 Å². The van der Waals surface area contributed by atoms with Crippen molar-refractivity contribution in [3.05, 3.63) is 29.3 Å². The number of halogens is 3. The summed E-state index contributed by atoms with van der Waals surface area (Å²) in [6, 6.07) is 5.98. The third kappa shape index (κ3) is 4.98. The zero-order valence-corrected chi connectivity index (χ0v) is 11.1. The van der Waals surface area contributed by atoms with E-state index in [1.807, 2.05) is 39.0 Å². The van der Waals surface area contributed by atoms with Gasteiger partial charge in [-0.05, 0) is 50.8 Å². The minimum Gasteiger partial charge on any atom is -0.382 e. The summed E-state index contributed by atoms with van der Waals surface area (Å²) in [5.74, 6) is 0. The van der Waals surface area contributed by atoms with Crippen LogP contribution in [0.25, 0.3) is 0 Å². The Hall–Kier alpha value is -1.19. The molecule has 0 aliphatic heterocycles. The van der Waals surface area contributed by atoms with E-state index in [1.165, 1.54) is 5.56 Å². The molecule has 0 saturated heterocycles. The average Bonchev–Trinajstić information content (AvgIpc) is 2.23. The molecule has 0 bridgehead atoms. The van der Waals surface area contributed by atoms with Gasteiger partial charge in [-0.1, -0.05) is 12.1 Å². The van der Waals surface area contributed by atoms with E-state index in [-0.39, 0.29) is 12.5 Å². The molecule has 4 heteroatoms. The monoisotopic (exact) mass is 259 g/mol. The molecule has 1 rings (SSSR count). The van der Waals surface area contributed by atoms with E-state index in [4.69, 9.17) is 0 Å². The van der Waals surface area contributed by atoms with Gasteiger partial charge in [0.15, 0.2) is 0 Å². The molecule has 0 spiro atoms. The van der Waals surface area contributed by atoms with E-state index in [1.54, 1.807) is 0 Å². The molecule has 1 nitrogen and oxygen atoms in total. The molecular weight excluding hydrogens is 239 g/mol. The van der Waals surface area contributed by atoms with Gasteiger partial charge in [0.05, 0.1) is 0 Å². The molecule has 0 radical (unpaired) electrons. The predicted octanol–water partition coefficient (Wildman–Crippen LogP) is 4.84. The fourth-order valence-corrected chi connectivity index (χ4v) is 1.85. The van der Waals surface area contributed by atoms with Gasteiger partial charge < -0.3 is 5.32 Å². The number of rotatable bonds is 5. The van der Waals surface area contributed by atoms with Gasteiger partial charge in [-0.3, -0.25) is 0 Å². The Morgan fingerprint density at radius 3 is 2.50 bits per heavy atom. The van der Waals surface area contributed by atoms with Crippen LogP contribution in [0.2, 0.25) is 0 Å². The highest BCUT2D eigenvalue weighted by molar-refractivity contribution is 5.54. The van der Waals surface area contributed by atoms with Gasteiger partial charge in [0.2, 0.25) is 0 Å². The van der Waals surface area contributed by atoms with Crippen molar-refractivity contribution in [2.45, 2.75) is 52.3 Å². The van der Waals surface area contributed by atoms with Crippen LogP contribution in [0, 0.1) is 13.8 Å². The van der Waals surface area contributed by atoms with Crippen LogP contribution in [-0.2, 0) is 0 Å². The SMILES string of the molecule is Cc1cccc(NC(C)CCCC(F)(F)F)c1C. The average molecular weight is 259 g/mol. The first-order valence-corrected chi connectivity index (χ1v) is 6.19. The summed E-state index contributed by atoms with van der Waals surface area (Å²) < 4.78 is 36.1. The lowest BCUT2D eigenvalue weighted by Gasteiger charge is -2.18. The Morgan fingerprint density at radius 1 is 1.22 bits per heavy atom. The summed E-state index contributed by atoms with van der Waals surface area (Å²) in [5, 5.41) is 3.27. The molecule has 0 heterocycles. The summed E-state index contributed by atoms with van der Waals surface area (Å²) in [6.45, 7) is 5.95. The molecule has 102 valence electrons. The Labute approximate surface area is 106 Å². The molecule has 0 saturated carbocycles. The number of aryl methyl sites for hydroxylation is 1. The van der Waals surface area contributed by atoms with E-state index in [9.17, 15) is 13.2 Å². The second kappa shape index (κ2) is 6.12. The molecule has 18 heavy (non-hydrogen) atoms. The third-order valence-electron chi connectivity index (χ3n) is 3.10. The first kappa shape index (κ1) is 14.9. The van der Waals surface area contributed by atoms with Crippen molar-refractivity contribution in [3.8, 4) is 0 Å². The number of anilines is 1. The van der Waals surface area contributed by atoms with Crippen molar-refractivity contribution < 1.29 is 13.2 Å². The molecule has 1 aromatic rings. The van der Waals surface area contributed by atoms with Crippen molar-refractivity contribution in [1.82, 2.24) is 0 Å². The fourth-order valence-electron chi connectivity index (χ4n) is 1.85. The maximum Gasteiger partial charge on any atom is 0.389 e. The van der Waals surface area contributed by atoms with Gasteiger partial charge in [-0.15, -0.1) is 0 Å². The van der Waals surface area contributed by atoms with Crippen LogP contribution in [0.5, 0.6) is 0 Å². The van der Waals surface area contributed by atoms with Gasteiger partial charge in [0.1, 0.15) is 0 Å². The quantitative estimate of drug-likeness (QED) is 0.798. The van der Waals surface area contributed by atoms with Crippen molar-refractivity contribution in [1.29, 1.82) is 0 Å². The summed E-state index contributed by atoms with van der Waals surface area (Å²) in [4.78, 5) is 0. The van der Waals surface area contributed by atoms with Gasteiger partial charge in [-0.25, -0.2) is 0 Å². The van der Waals surface area contributed by atoms with Crippen LogP contribution < -0.4 is 5.32 Å². The van der Waals surface area contributed by atoms with Crippen LogP contribution >= 0.6 is 0 Å². The highest BCUT2D eigenvalue weighted by Gasteiger charge is 2.26. The molecule has 1 aromatic carbocycles. The van der Waals surface area contributed by atoms with Crippen LogP contribution in [0.15, 0.2) is 18.2 Å². The number of alkyl halides is 3. The highest BCUT2D eigenvalue weighted by Crippen LogP contribution is 2.24. The smallest absolute Gasteiger partial charge is 0.382 e. The lowest BCUT2D eigenvalue weighted by atomic mass is 10.1. The molecule has 1 N–H and O–H groups in total. The zero-order chi connectivity index (χ0) is 13.8. The molecule has 0 aromatic heterocycles. The zero-order valence-electron chi connectivity index (χ0n) is 11.1. The Balaban J connectivity index is 2.45. The normalized spacial score (nSPS) is 13.4. The Bertz CT molecular complexity index is 385. The number of benzene rings is 1.